The van der Waals surface area contributed by atoms with Crippen molar-refractivity contribution in [2.45, 2.75) is 38.5 Å². The molecule has 1 aliphatic rings. The summed E-state index contributed by atoms with van der Waals surface area (Å²) in [6.07, 6.45) is 8.21. The van der Waals surface area contributed by atoms with Gasteiger partial charge in [-0.3, -0.25) is 4.79 Å². The van der Waals surface area contributed by atoms with E-state index in [4.69, 9.17) is 4.74 Å². The summed E-state index contributed by atoms with van der Waals surface area (Å²) >= 11 is 1.56. The molecule has 1 saturated carbocycles. The molecule has 0 aliphatic heterocycles. The van der Waals surface area contributed by atoms with Gasteiger partial charge in [0.2, 0.25) is 5.78 Å². The fraction of sp³-hybridized carbons (Fsp3) is 0.833. The molecule has 4 heteroatoms. The molecule has 92 valence electrons. The van der Waals surface area contributed by atoms with Crippen LogP contribution in [0.25, 0.3) is 0 Å². The summed E-state index contributed by atoms with van der Waals surface area (Å²) in [5.74, 6) is 0.146. The molecule has 0 aromatic heterocycles. The fourth-order valence-electron chi connectivity index (χ4n) is 1.92. The monoisotopic (exact) mass is 244 g/mol. The Morgan fingerprint density at radius 3 is 2.56 bits per heavy atom. The van der Waals surface area contributed by atoms with Crippen molar-refractivity contribution in [3.05, 3.63) is 0 Å². The van der Waals surface area contributed by atoms with Gasteiger partial charge in [-0.2, -0.15) is 11.8 Å². The van der Waals surface area contributed by atoms with Gasteiger partial charge in [0.15, 0.2) is 0 Å². The number of thioether (sulfide) groups is 1. The van der Waals surface area contributed by atoms with Crippen molar-refractivity contribution in [2.24, 2.45) is 5.92 Å². The summed E-state index contributed by atoms with van der Waals surface area (Å²) in [6.45, 7) is 0.434. The van der Waals surface area contributed by atoms with Gasteiger partial charge in [0, 0.05) is 12.2 Å². The van der Waals surface area contributed by atoms with E-state index in [9.17, 15) is 9.59 Å². The molecule has 0 spiro atoms. The Labute approximate surface area is 101 Å². The number of carbonyl (C=O) groups excluding carboxylic acids is 2. The lowest BCUT2D eigenvalue weighted by Gasteiger charge is -2.20. The molecule has 0 bridgehead atoms. The minimum atomic E-state index is -0.639. The topological polar surface area (TPSA) is 43.4 Å². The van der Waals surface area contributed by atoms with Gasteiger partial charge in [-0.25, -0.2) is 4.79 Å². The Morgan fingerprint density at radius 1 is 1.25 bits per heavy atom. The van der Waals surface area contributed by atoms with E-state index in [0.717, 1.165) is 12.8 Å². The van der Waals surface area contributed by atoms with Crippen molar-refractivity contribution in [3.63, 3.8) is 0 Å². The van der Waals surface area contributed by atoms with E-state index >= 15 is 0 Å². The third-order valence-electron chi connectivity index (χ3n) is 2.94. The molecule has 0 amide bonds. The third kappa shape index (κ3) is 5.01. The highest BCUT2D eigenvalue weighted by Crippen LogP contribution is 2.23. The van der Waals surface area contributed by atoms with Crippen molar-refractivity contribution < 1.29 is 14.3 Å². The van der Waals surface area contributed by atoms with Crippen LogP contribution in [0.1, 0.15) is 38.5 Å². The van der Waals surface area contributed by atoms with Gasteiger partial charge in [-0.05, 0) is 25.0 Å². The summed E-state index contributed by atoms with van der Waals surface area (Å²) in [5, 5.41) is 0. The number of rotatable bonds is 6. The summed E-state index contributed by atoms with van der Waals surface area (Å²) < 4.78 is 5.04. The molecule has 0 radical (unpaired) electrons. The maximum Gasteiger partial charge on any atom is 0.374 e. The van der Waals surface area contributed by atoms with Crippen molar-refractivity contribution in [2.75, 3.05) is 18.6 Å². The normalized spacial score (nSPS) is 17.1. The van der Waals surface area contributed by atoms with Crippen LogP contribution in [-0.2, 0) is 14.3 Å². The molecule has 3 nitrogen and oxygen atoms in total. The molecule has 0 heterocycles. The van der Waals surface area contributed by atoms with Crippen LogP contribution in [0.4, 0.5) is 0 Å². The van der Waals surface area contributed by atoms with E-state index < -0.39 is 5.97 Å². The Kier molecular flexibility index (Phi) is 6.53. The first-order valence-corrected chi connectivity index (χ1v) is 7.32. The zero-order valence-corrected chi connectivity index (χ0v) is 10.7. The van der Waals surface area contributed by atoms with Crippen LogP contribution in [0, 0.1) is 5.92 Å². The number of Topliss-reactive ketones (excluding diaryl/α,β-unsaturated/α-hetero) is 1. The Balaban J connectivity index is 2.15. The van der Waals surface area contributed by atoms with Gasteiger partial charge in [-0.1, -0.05) is 19.3 Å². The summed E-state index contributed by atoms with van der Waals surface area (Å²) in [4.78, 5) is 22.6. The second-order valence-corrected chi connectivity index (χ2v) is 5.25. The number of carbonyl (C=O) groups is 2. The zero-order chi connectivity index (χ0) is 11.8. The highest BCUT2D eigenvalue weighted by Gasteiger charge is 2.19. The number of esters is 1. The largest absolute Gasteiger partial charge is 0.460 e. The standard InChI is InChI=1S/C12H20O3S/c1-16-8-7-11(13)12(14)15-9-10-5-3-2-4-6-10/h10H,2-9H2,1H3. The second-order valence-electron chi connectivity index (χ2n) is 4.27. The summed E-state index contributed by atoms with van der Waals surface area (Å²) in [6, 6.07) is 0. The van der Waals surface area contributed by atoms with Crippen LogP contribution in [-0.4, -0.2) is 30.4 Å². The van der Waals surface area contributed by atoms with E-state index in [0.29, 0.717) is 24.7 Å². The van der Waals surface area contributed by atoms with Crippen molar-refractivity contribution in [3.8, 4) is 0 Å². The average Bonchev–Trinajstić information content (AvgIpc) is 2.34. The van der Waals surface area contributed by atoms with Gasteiger partial charge >= 0.3 is 5.97 Å². The molecular formula is C12H20O3S. The predicted molar refractivity (Wildman–Crippen MR) is 65.5 cm³/mol. The van der Waals surface area contributed by atoms with Crippen molar-refractivity contribution in [1.82, 2.24) is 0 Å². The number of ketones is 1. The molecule has 1 fully saturated rings. The maximum atomic E-state index is 11.3. The van der Waals surface area contributed by atoms with Crippen LogP contribution in [0.5, 0.6) is 0 Å². The third-order valence-corrected chi connectivity index (χ3v) is 3.55. The molecule has 1 rings (SSSR count). The van der Waals surface area contributed by atoms with E-state index in [2.05, 4.69) is 0 Å². The van der Waals surface area contributed by atoms with Gasteiger partial charge in [-0.15, -0.1) is 0 Å². The molecule has 16 heavy (non-hydrogen) atoms. The molecule has 0 N–H and O–H groups in total. The SMILES string of the molecule is CSCCC(=O)C(=O)OCC1CCCCC1. The lowest BCUT2D eigenvalue weighted by molar-refractivity contribution is -0.154. The van der Waals surface area contributed by atoms with Gasteiger partial charge in [0.1, 0.15) is 0 Å². The number of ether oxygens (including phenoxy) is 1. The highest BCUT2D eigenvalue weighted by molar-refractivity contribution is 7.98. The molecule has 0 aromatic carbocycles. The summed E-state index contributed by atoms with van der Waals surface area (Å²) in [7, 11) is 0. The van der Waals surface area contributed by atoms with Crippen LogP contribution in [0.2, 0.25) is 0 Å². The highest BCUT2D eigenvalue weighted by atomic mass is 32.2. The van der Waals surface area contributed by atoms with E-state index in [1.165, 1.54) is 19.3 Å². The van der Waals surface area contributed by atoms with Gasteiger partial charge < -0.3 is 4.74 Å². The molecule has 1 aliphatic carbocycles. The number of hydrogen-bond acceptors (Lipinski definition) is 4. The number of hydrogen-bond donors (Lipinski definition) is 0. The van der Waals surface area contributed by atoms with Crippen molar-refractivity contribution in [1.29, 1.82) is 0 Å². The van der Waals surface area contributed by atoms with Crippen LogP contribution >= 0.6 is 11.8 Å². The average molecular weight is 244 g/mol. The van der Waals surface area contributed by atoms with Crippen molar-refractivity contribution >= 4 is 23.5 Å². The first-order chi connectivity index (χ1) is 7.74. The molecule has 0 atom stereocenters. The molecular weight excluding hydrogens is 224 g/mol. The first-order valence-electron chi connectivity index (χ1n) is 5.93. The van der Waals surface area contributed by atoms with Crippen LogP contribution in [0.15, 0.2) is 0 Å². The maximum absolute atomic E-state index is 11.3. The van der Waals surface area contributed by atoms with E-state index in [1.54, 1.807) is 11.8 Å². The Morgan fingerprint density at radius 2 is 1.94 bits per heavy atom. The van der Waals surface area contributed by atoms with Crippen LogP contribution in [0.3, 0.4) is 0 Å². The zero-order valence-electron chi connectivity index (χ0n) is 9.87. The van der Waals surface area contributed by atoms with E-state index in [1.807, 2.05) is 6.26 Å². The summed E-state index contributed by atoms with van der Waals surface area (Å²) in [5.41, 5.74) is 0. The molecule has 0 unspecified atom stereocenters. The second kappa shape index (κ2) is 7.71. The fourth-order valence-corrected chi connectivity index (χ4v) is 2.31. The molecule has 0 saturated heterocycles. The lowest BCUT2D eigenvalue weighted by atomic mass is 9.90. The first kappa shape index (κ1) is 13.6. The Bertz CT molecular complexity index is 234. The van der Waals surface area contributed by atoms with Gasteiger partial charge in [0.05, 0.1) is 6.61 Å². The van der Waals surface area contributed by atoms with Crippen LogP contribution < -0.4 is 0 Å². The molecule has 0 aromatic rings. The quantitative estimate of drug-likeness (QED) is 0.531. The van der Waals surface area contributed by atoms with Gasteiger partial charge in [0.25, 0.3) is 0 Å². The Hall–Kier alpha value is -0.510. The predicted octanol–water partition coefficient (Wildman–Crippen LogP) is 2.43. The smallest absolute Gasteiger partial charge is 0.374 e. The lowest BCUT2D eigenvalue weighted by Crippen LogP contribution is -2.22. The minimum Gasteiger partial charge on any atom is -0.460 e. The van der Waals surface area contributed by atoms with E-state index in [-0.39, 0.29) is 5.78 Å². The minimum absolute atomic E-state index is 0.296.